The Labute approximate surface area is 96.1 Å². The lowest BCUT2D eigenvalue weighted by Crippen LogP contribution is -2.38. The average molecular weight is 222 g/mol. The van der Waals surface area contributed by atoms with E-state index in [-0.39, 0.29) is 5.41 Å². The van der Waals surface area contributed by atoms with Crippen molar-refractivity contribution in [2.45, 2.75) is 18.3 Å². The summed E-state index contributed by atoms with van der Waals surface area (Å²) in [5.74, 6) is 0. The summed E-state index contributed by atoms with van der Waals surface area (Å²) < 4.78 is 0. The zero-order chi connectivity index (χ0) is 10.7. The van der Waals surface area contributed by atoms with E-state index >= 15 is 0 Å². The Morgan fingerprint density at radius 3 is 2.33 bits per heavy atom. The normalized spacial score (nSPS) is 19.8. The number of hydrogen-bond donors (Lipinski definition) is 1. The largest absolute Gasteiger partial charge is 0.317 e. The van der Waals surface area contributed by atoms with Crippen LogP contribution in [0.5, 0.6) is 0 Å². The van der Waals surface area contributed by atoms with E-state index in [2.05, 4.69) is 30.1 Å². The molecule has 80 valence electrons. The summed E-state index contributed by atoms with van der Waals surface area (Å²) in [7, 11) is 0. The molecule has 1 N–H and O–H groups in total. The van der Waals surface area contributed by atoms with Gasteiger partial charge in [0.2, 0.25) is 0 Å². The average Bonchev–Trinajstić information content (AvgIpc) is 2.31. The highest BCUT2D eigenvalue weighted by Crippen LogP contribution is 2.34. The van der Waals surface area contributed by atoms with Crippen molar-refractivity contribution < 1.29 is 0 Å². The lowest BCUT2D eigenvalue weighted by atomic mass is 9.73. The van der Waals surface area contributed by atoms with Gasteiger partial charge in [-0.1, -0.05) is 29.8 Å². The molecule has 1 aromatic rings. The van der Waals surface area contributed by atoms with Gasteiger partial charge >= 0.3 is 0 Å². The lowest BCUT2D eigenvalue weighted by molar-refractivity contribution is 0.374. The number of benzene rings is 1. The second-order valence-corrected chi connectivity index (χ2v) is 4.55. The second-order valence-electron chi connectivity index (χ2n) is 4.12. The van der Waals surface area contributed by atoms with Crippen molar-refractivity contribution in [3.63, 3.8) is 0 Å². The van der Waals surface area contributed by atoms with E-state index < -0.39 is 0 Å². The predicted octanol–water partition coefficient (Wildman–Crippen LogP) is 3.15. The minimum absolute atomic E-state index is 0.149. The first kappa shape index (κ1) is 10.7. The molecule has 0 radical (unpaired) electrons. The van der Waals surface area contributed by atoms with Crippen molar-refractivity contribution in [1.82, 2.24) is 5.32 Å². The second kappa shape index (κ2) is 4.38. The summed E-state index contributed by atoms with van der Waals surface area (Å²) in [4.78, 5) is 0. The summed E-state index contributed by atoms with van der Waals surface area (Å²) >= 11 is 5.90. The van der Waals surface area contributed by atoms with E-state index in [1.54, 1.807) is 0 Å². The minimum Gasteiger partial charge on any atom is -0.317 e. The van der Waals surface area contributed by atoms with Crippen LogP contribution in [0, 0.1) is 0 Å². The molecular weight excluding hydrogens is 206 g/mol. The Balaban J connectivity index is 2.32. The van der Waals surface area contributed by atoms with Crippen LogP contribution >= 0.6 is 11.6 Å². The van der Waals surface area contributed by atoms with Gasteiger partial charge in [-0.25, -0.2) is 0 Å². The molecule has 1 fully saturated rings. The number of allylic oxidation sites excluding steroid dienone is 1. The molecule has 0 amide bonds. The van der Waals surface area contributed by atoms with Crippen LogP contribution in [0.1, 0.15) is 18.4 Å². The Morgan fingerprint density at radius 2 is 1.80 bits per heavy atom. The van der Waals surface area contributed by atoms with Crippen LogP contribution in [0.3, 0.4) is 0 Å². The van der Waals surface area contributed by atoms with Crippen LogP contribution < -0.4 is 5.32 Å². The van der Waals surface area contributed by atoms with Crippen molar-refractivity contribution >= 4 is 11.6 Å². The highest BCUT2D eigenvalue weighted by Gasteiger charge is 2.30. The Morgan fingerprint density at radius 1 is 1.20 bits per heavy atom. The summed E-state index contributed by atoms with van der Waals surface area (Å²) in [6, 6.07) is 8.17. The third kappa shape index (κ3) is 2.09. The molecule has 0 saturated carbocycles. The van der Waals surface area contributed by atoms with Gasteiger partial charge in [0.25, 0.3) is 0 Å². The van der Waals surface area contributed by atoms with Crippen molar-refractivity contribution in [2.75, 3.05) is 13.1 Å². The third-order valence-corrected chi connectivity index (χ3v) is 3.56. The molecule has 15 heavy (non-hydrogen) atoms. The van der Waals surface area contributed by atoms with Crippen molar-refractivity contribution in [3.05, 3.63) is 47.5 Å². The van der Waals surface area contributed by atoms with Gasteiger partial charge in [-0.2, -0.15) is 0 Å². The number of nitrogens with one attached hydrogen (secondary N) is 1. The fourth-order valence-corrected chi connectivity index (χ4v) is 2.39. The number of piperidine rings is 1. The van der Waals surface area contributed by atoms with Gasteiger partial charge in [0.15, 0.2) is 0 Å². The van der Waals surface area contributed by atoms with Gasteiger partial charge < -0.3 is 5.32 Å². The lowest BCUT2D eigenvalue weighted by Gasteiger charge is -2.35. The molecule has 1 aliphatic rings. The maximum absolute atomic E-state index is 5.90. The van der Waals surface area contributed by atoms with Gasteiger partial charge in [-0.15, -0.1) is 6.58 Å². The van der Waals surface area contributed by atoms with E-state index in [0.29, 0.717) is 0 Å². The van der Waals surface area contributed by atoms with Crippen LogP contribution in [0.2, 0.25) is 5.02 Å². The van der Waals surface area contributed by atoms with Crippen LogP contribution in [-0.4, -0.2) is 13.1 Å². The first-order valence-electron chi connectivity index (χ1n) is 5.37. The zero-order valence-electron chi connectivity index (χ0n) is 8.80. The molecule has 2 rings (SSSR count). The van der Waals surface area contributed by atoms with E-state index in [1.165, 1.54) is 5.56 Å². The van der Waals surface area contributed by atoms with E-state index in [4.69, 9.17) is 11.6 Å². The molecule has 0 aliphatic carbocycles. The zero-order valence-corrected chi connectivity index (χ0v) is 9.56. The standard InChI is InChI=1S/C13H16ClN/c1-2-13(7-9-15-10-8-13)11-3-5-12(14)6-4-11/h2-6,15H,1,7-10H2. The first-order chi connectivity index (χ1) is 7.27. The highest BCUT2D eigenvalue weighted by molar-refractivity contribution is 6.30. The molecule has 0 aromatic heterocycles. The summed E-state index contributed by atoms with van der Waals surface area (Å²) in [6.07, 6.45) is 4.34. The summed E-state index contributed by atoms with van der Waals surface area (Å²) in [5, 5.41) is 4.18. The third-order valence-electron chi connectivity index (χ3n) is 3.31. The van der Waals surface area contributed by atoms with Crippen molar-refractivity contribution in [3.8, 4) is 0 Å². The predicted molar refractivity (Wildman–Crippen MR) is 65.4 cm³/mol. The van der Waals surface area contributed by atoms with Crippen LogP contribution in [-0.2, 0) is 5.41 Å². The van der Waals surface area contributed by atoms with E-state index in [9.17, 15) is 0 Å². The molecule has 0 atom stereocenters. The Bertz CT molecular complexity index is 336. The number of rotatable bonds is 2. The van der Waals surface area contributed by atoms with Crippen LogP contribution in [0.4, 0.5) is 0 Å². The van der Waals surface area contributed by atoms with Gasteiger partial charge in [0.1, 0.15) is 0 Å². The van der Waals surface area contributed by atoms with Gasteiger partial charge in [-0.3, -0.25) is 0 Å². The maximum Gasteiger partial charge on any atom is 0.0406 e. The first-order valence-corrected chi connectivity index (χ1v) is 5.75. The molecule has 1 heterocycles. The SMILES string of the molecule is C=CC1(c2ccc(Cl)cc2)CCNCC1. The molecule has 2 heteroatoms. The smallest absolute Gasteiger partial charge is 0.0406 e. The maximum atomic E-state index is 5.90. The summed E-state index contributed by atoms with van der Waals surface area (Å²) in [6.45, 7) is 6.12. The van der Waals surface area contributed by atoms with Crippen molar-refractivity contribution in [2.24, 2.45) is 0 Å². The minimum atomic E-state index is 0.149. The van der Waals surface area contributed by atoms with Gasteiger partial charge in [-0.05, 0) is 43.6 Å². The van der Waals surface area contributed by atoms with E-state index in [0.717, 1.165) is 31.0 Å². The quantitative estimate of drug-likeness (QED) is 0.757. The van der Waals surface area contributed by atoms with Crippen LogP contribution in [0.25, 0.3) is 0 Å². The molecule has 1 nitrogen and oxygen atoms in total. The fourth-order valence-electron chi connectivity index (χ4n) is 2.27. The summed E-state index contributed by atoms with van der Waals surface area (Å²) in [5.41, 5.74) is 1.49. The Kier molecular flexibility index (Phi) is 3.13. The highest BCUT2D eigenvalue weighted by atomic mass is 35.5. The molecule has 0 bridgehead atoms. The van der Waals surface area contributed by atoms with Crippen LogP contribution in [0.15, 0.2) is 36.9 Å². The molecule has 1 aromatic carbocycles. The molecular formula is C13H16ClN. The van der Waals surface area contributed by atoms with Crippen molar-refractivity contribution in [1.29, 1.82) is 0 Å². The molecule has 0 spiro atoms. The topological polar surface area (TPSA) is 12.0 Å². The molecule has 1 saturated heterocycles. The molecule has 0 unspecified atom stereocenters. The van der Waals surface area contributed by atoms with Gasteiger partial charge in [0, 0.05) is 10.4 Å². The van der Waals surface area contributed by atoms with E-state index in [1.807, 2.05) is 12.1 Å². The number of halogens is 1. The molecule has 1 aliphatic heterocycles. The monoisotopic (exact) mass is 221 g/mol. The fraction of sp³-hybridized carbons (Fsp3) is 0.385. The number of hydrogen-bond acceptors (Lipinski definition) is 1. The van der Waals surface area contributed by atoms with Gasteiger partial charge in [0.05, 0.1) is 0 Å². The Hall–Kier alpha value is -0.790.